The molecule has 0 bridgehead atoms. The minimum absolute atomic E-state index is 0.147. The minimum Gasteiger partial charge on any atom is -0.465 e. The highest BCUT2D eigenvalue weighted by atomic mass is 16.5. The van der Waals surface area contributed by atoms with E-state index in [1.807, 2.05) is 13.0 Å². The molecule has 2 aliphatic heterocycles. The van der Waals surface area contributed by atoms with Gasteiger partial charge in [-0.2, -0.15) is 0 Å². The Hall–Kier alpha value is -1.47. The predicted octanol–water partition coefficient (Wildman–Crippen LogP) is 0.412. The molecule has 0 saturated carbocycles. The van der Waals surface area contributed by atoms with Gasteiger partial charge in [0.05, 0.1) is 19.3 Å². The standard InChI is InChI=1S/C19H29N3O3/c1-2-25-19(24)15-20-8-10-22(11-9-20)17-13-21(14-18(17)23)12-16-6-4-3-5-7-16/h3-7,17-18,23H,2,8-15H2,1H3/t17-,18-/m1/s1. The molecule has 1 aromatic carbocycles. The first kappa shape index (κ1) is 18.3. The summed E-state index contributed by atoms with van der Waals surface area (Å²) in [7, 11) is 0. The summed E-state index contributed by atoms with van der Waals surface area (Å²) in [4.78, 5) is 18.4. The molecule has 0 unspecified atom stereocenters. The lowest BCUT2D eigenvalue weighted by atomic mass is 10.1. The second kappa shape index (κ2) is 8.76. The third kappa shape index (κ3) is 5.01. The Balaban J connectivity index is 1.46. The summed E-state index contributed by atoms with van der Waals surface area (Å²) >= 11 is 0. The van der Waals surface area contributed by atoms with Crippen molar-refractivity contribution >= 4 is 5.97 Å². The van der Waals surface area contributed by atoms with Gasteiger partial charge in [-0.25, -0.2) is 0 Å². The Morgan fingerprint density at radius 3 is 2.52 bits per heavy atom. The lowest BCUT2D eigenvalue weighted by molar-refractivity contribution is -0.145. The molecule has 0 radical (unpaired) electrons. The predicted molar refractivity (Wildman–Crippen MR) is 96.2 cm³/mol. The second-order valence-electron chi connectivity index (χ2n) is 6.93. The number of likely N-dealkylation sites (tertiary alicyclic amines) is 1. The number of hydrogen-bond donors (Lipinski definition) is 1. The van der Waals surface area contributed by atoms with Gasteiger partial charge in [0.25, 0.3) is 0 Å². The Kier molecular flexibility index (Phi) is 6.42. The summed E-state index contributed by atoms with van der Waals surface area (Å²) in [6.45, 7) is 8.62. The molecule has 2 saturated heterocycles. The molecule has 138 valence electrons. The van der Waals surface area contributed by atoms with Gasteiger partial charge in [0.2, 0.25) is 0 Å². The average Bonchev–Trinajstić information content (AvgIpc) is 2.97. The fraction of sp³-hybridized carbons (Fsp3) is 0.632. The molecular formula is C19H29N3O3. The van der Waals surface area contributed by atoms with Crippen molar-refractivity contribution < 1.29 is 14.6 Å². The molecule has 2 fully saturated rings. The van der Waals surface area contributed by atoms with Crippen LogP contribution < -0.4 is 0 Å². The number of benzene rings is 1. The van der Waals surface area contributed by atoms with Crippen LogP contribution in [-0.2, 0) is 16.1 Å². The van der Waals surface area contributed by atoms with E-state index in [-0.39, 0.29) is 18.1 Å². The summed E-state index contributed by atoms with van der Waals surface area (Å²) in [6.07, 6.45) is -0.305. The Bertz CT molecular complexity index is 546. The smallest absolute Gasteiger partial charge is 0.320 e. The first-order valence-electron chi connectivity index (χ1n) is 9.22. The van der Waals surface area contributed by atoms with E-state index in [4.69, 9.17) is 4.74 Å². The van der Waals surface area contributed by atoms with Crippen LogP contribution in [-0.4, -0.2) is 90.3 Å². The molecule has 0 aliphatic carbocycles. The number of esters is 1. The minimum atomic E-state index is -0.305. The van der Waals surface area contributed by atoms with Crippen molar-refractivity contribution in [1.29, 1.82) is 0 Å². The summed E-state index contributed by atoms with van der Waals surface area (Å²) < 4.78 is 5.02. The monoisotopic (exact) mass is 347 g/mol. The number of β-amino-alcohol motifs (C(OH)–C–C–N with tert-alkyl or cyclic N) is 1. The van der Waals surface area contributed by atoms with Crippen molar-refractivity contribution in [2.45, 2.75) is 25.6 Å². The fourth-order valence-electron chi connectivity index (χ4n) is 3.82. The molecular weight excluding hydrogens is 318 g/mol. The van der Waals surface area contributed by atoms with E-state index in [1.54, 1.807) is 0 Å². The second-order valence-corrected chi connectivity index (χ2v) is 6.93. The van der Waals surface area contributed by atoms with Gasteiger partial charge in [-0.15, -0.1) is 0 Å². The van der Waals surface area contributed by atoms with Crippen LogP contribution in [0.25, 0.3) is 0 Å². The van der Waals surface area contributed by atoms with Gasteiger partial charge < -0.3 is 9.84 Å². The average molecular weight is 347 g/mol. The number of hydrogen-bond acceptors (Lipinski definition) is 6. The van der Waals surface area contributed by atoms with E-state index < -0.39 is 0 Å². The molecule has 25 heavy (non-hydrogen) atoms. The molecule has 2 aliphatic rings. The van der Waals surface area contributed by atoms with E-state index in [0.29, 0.717) is 13.2 Å². The summed E-state index contributed by atoms with van der Waals surface area (Å²) in [6, 6.07) is 10.6. The zero-order chi connectivity index (χ0) is 17.6. The Morgan fingerprint density at radius 2 is 1.84 bits per heavy atom. The lowest BCUT2D eigenvalue weighted by Gasteiger charge is -2.38. The highest BCUT2D eigenvalue weighted by Crippen LogP contribution is 2.20. The lowest BCUT2D eigenvalue weighted by Crippen LogP contribution is -2.54. The topological polar surface area (TPSA) is 56.2 Å². The van der Waals surface area contributed by atoms with Crippen molar-refractivity contribution in [1.82, 2.24) is 14.7 Å². The number of aliphatic hydroxyl groups excluding tert-OH is 1. The van der Waals surface area contributed by atoms with Gasteiger partial charge >= 0.3 is 5.97 Å². The molecule has 2 heterocycles. The van der Waals surface area contributed by atoms with Gasteiger partial charge in [0, 0.05) is 51.9 Å². The van der Waals surface area contributed by atoms with Crippen LogP contribution in [0.2, 0.25) is 0 Å². The van der Waals surface area contributed by atoms with Gasteiger partial charge in [-0.3, -0.25) is 19.5 Å². The highest BCUT2D eigenvalue weighted by molar-refractivity contribution is 5.71. The molecule has 0 spiro atoms. The largest absolute Gasteiger partial charge is 0.465 e. The first-order chi connectivity index (χ1) is 12.2. The number of ether oxygens (including phenoxy) is 1. The molecule has 1 aromatic rings. The van der Waals surface area contributed by atoms with Crippen LogP contribution in [0.1, 0.15) is 12.5 Å². The van der Waals surface area contributed by atoms with Crippen LogP contribution in [0, 0.1) is 0 Å². The number of rotatable bonds is 6. The van der Waals surface area contributed by atoms with Crippen molar-refractivity contribution in [2.24, 2.45) is 0 Å². The van der Waals surface area contributed by atoms with E-state index in [2.05, 4.69) is 39.0 Å². The zero-order valence-corrected chi connectivity index (χ0v) is 15.0. The summed E-state index contributed by atoms with van der Waals surface area (Å²) in [5, 5.41) is 10.5. The van der Waals surface area contributed by atoms with Crippen molar-refractivity contribution in [3.63, 3.8) is 0 Å². The highest BCUT2D eigenvalue weighted by Gasteiger charge is 2.36. The van der Waals surface area contributed by atoms with Crippen LogP contribution in [0.3, 0.4) is 0 Å². The number of aliphatic hydroxyl groups is 1. The maximum Gasteiger partial charge on any atom is 0.320 e. The van der Waals surface area contributed by atoms with E-state index in [1.165, 1.54) is 5.56 Å². The molecule has 0 amide bonds. The van der Waals surface area contributed by atoms with Crippen LogP contribution in [0.5, 0.6) is 0 Å². The van der Waals surface area contributed by atoms with Gasteiger partial charge in [-0.1, -0.05) is 30.3 Å². The van der Waals surface area contributed by atoms with Crippen LogP contribution in [0.4, 0.5) is 0 Å². The quantitative estimate of drug-likeness (QED) is 0.753. The van der Waals surface area contributed by atoms with E-state index in [0.717, 1.165) is 45.8 Å². The van der Waals surface area contributed by atoms with E-state index >= 15 is 0 Å². The third-order valence-electron chi connectivity index (χ3n) is 5.12. The summed E-state index contributed by atoms with van der Waals surface area (Å²) in [5.41, 5.74) is 1.29. The van der Waals surface area contributed by atoms with Crippen molar-refractivity contribution in [2.75, 3.05) is 52.4 Å². The van der Waals surface area contributed by atoms with Crippen molar-refractivity contribution in [3.8, 4) is 0 Å². The van der Waals surface area contributed by atoms with Gasteiger partial charge in [0.15, 0.2) is 0 Å². The molecule has 0 aromatic heterocycles. The van der Waals surface area contributed by atoms with Crippen molar-refractivity contribution in [3.05, 3.63) is 35.9 Å². The Morgan fingerprint density at radius 1 is 1.12 bits per heavy atom. The maximum atomic E-state index is 11.6. The number of piperazine rings is 1. The number of nitrogens with zero attached hydrogens (tertiary/aromatic N) is 3. The normalized spacial score (nSPS) is 26.0. The van der Waals surface area contributed by atoms with Gasteiger partial charge in [0.1, 0.15) is 0 Å². The fourth-order valence-corrected chi connectivity index (χ4v) is 3.82. The van der Waals surface area contributed by atoms with Crippen LogP contribution in [0.15, 0.2) is 30.3 Å². The molecule has 6 nitrogen and oxygen atoms in total. The van der Waals surface area contributed by atoms with Gasteiger partial charge in [-0.05, 0) is 12.5 Å². The number of carbonyl (C=O) groups is 1. The third-order valence-corrected chi connectivity index (χ3v) is 5.12. The molecule has 3 rings (SSSR count). The zero-order valence-electron chi connectivity index (χ0n) is 15.0. The maximum absolute atomic E-state index is 11.6. The number of carbonyl (C=O) groups excluding carboxylic acids is 1. The van der Waals surface area contributed by atoms with Crippen LogP contribution >= 0.6 is 0 Å². The molecule has 2 atom stereocenters. The SMILES string of the molecule is CCOC(=O)CN1CCN([C@@H]2CN(Cc3ccccc3)C[C@H]2O)CC1. The molecule has 1 N–H and O–H groups in total. The first-order valence-corrected chi connectivity index (χ1v) is 9.22. The van der Waals surface area contributed by atoms with E-state index in [9.17, 15) is 9.90 Å². The molecule has 6 heteroatoms. The summed E-state index contributed by atoms with van der Waals surface area (Å²) in [5.74, 6) is -0.147. The Labute approximate surface area is 150 Å².